The van der Waals surface area contributed by atoms with Crippen LogP contribution in [0, 0.1) is 0 Å². The molecule has 116 valence electrons. The van der Waals surface area contributed by atoms with E-state index in [1.807, 2.05) is 60.0 Å². The van der Waals surface area contributed by atoms with Crippen LogP contribution in [0.15, 0.2) is 68.8 Å². The number of hydrogen-bond acceptors (Lipinski definition) is 4. The van der Waals surface area contributed by atoms with Crippen molar-refractivity contribution in [3.05, 3.63) is 64.5 Å². The molecule has 0 unspecified atom stereocenters. The lowest BCUT2D eigenvalue weighted by atomic mass is 10.2. The molecule has 1 N–H and O–H groups in total. The highest BCUT2D eigenvalue weighted by Gasteiger charge is 2.08. The number of para-hydroxylation sites is 1. The summed E-state index contributed by atoms with van der Waals surface area (Å²) in [5, 5.41) is 4.88. The number of benzene rings is 2. The van der Waals surface area contributed by atoms with Crippen LogP contribution in [0.1, 0.15) is 0 Å². The van der Waals surface area contributed by atoms with E-state index in [0.29, 0.717) is 5.75 Å². The highest BCUT2D eigenvalue weighted by molar-refractivity contribution is 9.10. The summed E-state index contributed by atoms with van der Waals surface area (Å²) in [7, 11) is 0. The van der Waals surface area contributed by atoms with Crippen molar-refractivity contribution in [2.75, 3.05) is 11.1 Å². The lowest BCUT2D eigenvalue weighted by Crippen LogP contribution is -2.13. The van der Waals surface area contributed by atoms with Crippen molar-refractivity contribution in [3.63, 3.8) is 0 Å². The Hall–Kier alpha value is -1.63. The highest BCUT2D eigenvalue weighted by atomic mass is 79.9. The lowest BCUT2D eigenvalue weighted by Gasteiger charge is -2.03. The number of thiazole rings is 1. The smallest absolute Gasteiger partial charge is 0.234 e. The van der Waals surface area contributed by atoms with Crippen molar-refractivity contribution in [1.82, 2.24) is 4.98 Å². The average Bonchev–Trinajstić information content (AvgIpc) is 3.04. The van der Waals surface area contributed by atoms with Crippen LogP contribution >= 0.6 is 39.0 Å². The third-order valence-electron chi connectivity index (χ3n) is 3.01. The summed E-state index contributed by atoms with van der Waals surface area (Å²) in [6.45, 7) is 0. The third kappa shape index (κ3) is 4.67. The van der Waals surface area contributed by atoms with E-state index in [9.17, 15) is 4.79 Å². The predicted octanol–water partition coefficient (Wildman–Crippen LogP) is 5.30. The maximum atomic E-state index is 11.9. The van der Waals surface area contributed by atoms with Crippen LogP contribution in [-0.4, -0.2) is 16.6 Å². The minimum Gasteiger partial charge on any atom is -0.325 e. The van der Waals surface area contributed by atoms with Gasteiger partial charge < -0.3 is 5.32 Å². The van der Waals surface area contributed by atoms with E-state index < -0.39 is 0 Å². The van der Waals surface area contributed by atoms with Crippen molar-refractivity contribution < 1.29 is 4.79 Å². The van der Waals surface area contributed by atoms with Gasteiger partial charge in [0.25, 0.3) is 0 Å². The number of hydrogen-bond donors (Lipinski definition) is 1. The minimum absolute atomic E-state index is 0.0263. The number of nitrogens with zero attached hydrogens (tertiary/aromatic N) is 1. The quantitative estimate of drug-likeness (QED) is 0.586. The standard InChI is InChI=1S/C17H13BrN2OS2/c18-13-8-6-12(7-9-13)15-10-22-17(20-15)23-11-16(21)19-14-4-2-1-3-5-14/h1-10H,11H2,(H,19,21). The van der Waals surface area contributed by atoms with Gasteiger partial charge in [0.15, 0.2) is 4.34 Å². The Kier molecular flexibility index (Phi) is 5.48. The molecular formula is C17H13BrN2OS2. The summed E-state index contributed by atoms with van der Waals surface area (Å²) >= 11 is 6.43. The Morgan fingerprint density at radius 2 is 1.87 bits per heavy atom. The summed E-state index contributed by atoms with van der Waals surface area (Å²) in [5.74, 6) is 0.323. The maximum absolute atomic E-state index is 11.9. The van der Waals surface area contributed by atoms with Crippen LogP contribution in [0.5, 0.6) is 0 Å². The number of thioether (sulfide) groups is 1. The Balaban J connectivity index is 1.57. The number of halogens is 1. The van der Waals surface area contributed by atoms with Gasteiger partial charge in [-0.2, -0.15) is 0 Å². The second-order valence-electron chi connectivity index (χ2n) is 4.71. The number of carbonyl (C=O) groups excluding carboxylic acids is 1. The molecule has 3 rings (SSSR count). The molecule has 1 heterocycles. The maximum Gasteiger partial charge on any atom is 0.234 e. The van der Waals surface area contributed by atoms with Gasteiger partial charge in [0.05, 0.1) is 11.4 Å². The molecule has 0 aliphatic carbocycles. The lowest BCUT2D eigenvalue weighted by molar-refractivity contribution is -0.113. The van der Waals surface area contributed by atoms with Crippen molar-refractivity contribution in [3.8, 4) is 11.3 Å². The fourth-order valence-electron chi connectivity index (χ4n) is 1.92. The molecule has 0 aliphatic heterocycles. The van der Waals surface area contributed by atoms with Gasteiger partial charge >= 0.3 is 0 Å². The Morgan fingerprint density at radius 1 is 1.13 bits per heavy atom. The molecular weight excluding hydrogens is 392 g/mol. The van der Waals surface area contributed by atoms with Gasteiger partial charge in [-0.05, 0) is 24.3 Å². The van der Waals surface area contributed by atoms with Gasteiger partial charge in [-0.1, -0.05) is 58.0 Å². The van der Waals surface area contributed by atoms with E-state index in [0.717, 1.165) is 25.8 Å². The fourth-order valence-corrected chi connectivity index (χ4v) is 3.82. The van der Waals surface area contributed by atoms with Gasteiger partial charge in [0.2, 0.25) is 5.91 Å². The zero-order chi connectivity index (χ0) is 16.1. The first-order valence-electron chi connectivity index (χ1n) is 6.90. The van der Waals surface area contributed by atoms with Crippen LogP contribution < -0.4 is 5.32 Å². The van der Waals surface area contributed by atoms with E-state index in [-0.39, 0.29) is 5.91 Å². The van der Waals surface area contributed by atoms with Gasteiger partial charge in [0, 0.05) is 21.1 Å². The van der Waals surface area contributed by atoms with Gasteiger partial charge in [-0.15, -0.1) is 11.3 Å². The molecule has 1 aromatic heterocycles. The molecule has 3 aromatic rings. The summed E-state index contributed by atoms with van der Waals surface area (Å²) in [6.07, 6.45) is 0. The molecule has 0 saturated heterocycles. The summed E-state index contributed by atoms with van der Waals surface area (Å²) in [4.78, 5) is 16.5. The van der Waals surface area contributed by atoms with Crippen LogP contribution in [0.2, 0.25) is 0 Å². The van der Waals surface area contributed by atoms with Crippen molar-refractivity contribution in [1.29, 1.82) is 0 Å². The second-order valence-corrected chi connectivity index (χ2v) is 7.70. The zero-order valence-corrected chi connectivity index (χ0v) is 15.2. The zero-order valence-electron chi connectivity index (χ0n) is 12.0. The summed E-state index contributed by atoms with van der Waals surface area (Å²) in [6, 6.07) is 17.5. The summed E-state index contributed by atoms with van der Waals surface area (Å²) < 4.78 is 1.94. The molecule has 0 bridgehead atoms. The Morgan fingerprint density at radius 3 is 2.61 bits per heavy atom. The van der Waals surface area contributed by atoms with Crippen molar-refractivity contribution in [2.24, 2.45) is 0 Å². The van der Waals surface area contributed by atoms with Crippen molar-refractivity contribution in [2.45, 2.75) is 4.34 Å². The molecule has 0 atom stereocenters. The normalized spacial score (nSPS) is 10.5. The predicted molar refractivity (Wildman–Crippen MR) is 101 cm³/mol. The number of anilines is 1. The van der Waals surface area contributed by atoms with Gasteiger partial charge in [0.1, 0.15) is 0 Å². The molecule has 0 fully saturated rings. The average molecular weight is 405 g/mol. The van der Waals surface area contributed by atoms with Crippen molar-refractivity contribution >= 4 is 50.6 Å². The van der Waals surface area contributed by atoms with E-state index in [1.165, 1.54) is 11.8 Å². The van der Waals surface area contributed by atoms with E-state index in [1.54, 1.807) is 11.3 Å². The largest absolute Gasteiger partial charge is 0.325 e. The highest BCUT2D eigenvalue weighted by Crippen LogP contribution is 2.29. The van der Waals surface area contributed by atoms with Crippen LogP contribution in [0.3, 0.4) is 0 Å². The first kappa shape index (κ1) is 16.2. The number of amides is 1. The molecule has 3 nitrogen and oxygen atoms in total. The monoisotopic (exact) mass is 404 g/mol. The fraction of sp³-hybridized carbons (Fsp3) is 0.0588. The van der Waals surface area contributed by atoms with E-state index in [2.05, 4.69) is 26.2 Å². The number of aromatic nitrogens is 1. The van der Waals surface area contributed by atoms with E-state index >= 15 is 0 Å². The Labute approximate surface area is 151 Å². The SMILES string of the molecule is O=C(CSc1nc(-c2ccc(Br)cc2)cs1)Nc1ccccc1. The molecule has 0 spiro atoms. The molecule has 0 radical (unpaired) electrons. The third-order valence-corrected chi connectivity index (χ3v) is 5.56. The number of rotatable bonds is 5. The first-order chi connectivity index (χ1) is 11.2. The first-order valence-corrected chi connectivity index (χ1v) is 9.56. The number of nitrogens with one attached hydrogen (secondary N) is 1. The van der Waals surface area contributed by atoms with Crippen LogP contribution in [0.4, 0.5) is 5.69 Å². The topological polar surface area (TPSA) is 42.0 Å². The molecule has 23 heavy (non-hydrogen) atoms. The van der Waals surface area contributed by atoms with Crippen LogP contribution in [-0.2, 0) is 4.79 Å². The van der Waals surface area contributed by atoms with E-state index in [4.69, 9.17) is 0 Å². The van der Waals surface area contributed by atoms with Crippen LogP contribution in [0.25, 0.3) is 11.3 Å². The minimum atomic E-state index is -0.0263. The number of carbonyl (C=O) groups is 1. The molecule has 6 heteroatoms. The van der Waals surface area contributed by atoms with Gasteiger partial charge in [-0.25, -0.2) is 4.98 Å². The van der Waals surface area contributed by atoms with Gasteiger partial charge in [-0.3, -0.25) is 4.79 Å². The molecule has 1 amide bonds. The molecule has 2 aromatic carbocycles. The Bertz CT molecular complexity index is 788. The second kappa shape index (κ2) is 7.77. The molecule has 0 saturated carbocycles. The molecule has 0 aliphatic rings. The summed E-state index contributed by atoms with van der Waals surface area (Å²) in [5.41, 5.74) is 2.83.